The van der Waals surface area contributed by atoms with Crippen LogP contribution in [0.2, 0.25) is 0 Å². The Hall–Kier alpha value is -3.82. The quantitative estimate of drug-likeness (QED) is 0.452. The van der Waals surface area contributed by atoms with E-state index in [1.807, 2.05) is 31.2 Å². The van der Waals surface area contributed by atoms with Crippen LogP contribution in [-0.4, -0.2) is 78.3 Å². The summed E-state index contributed by atoms with van der Waals surface area (Å²) in [4.78, 5) is 30.7. The van der Waals surface area contributed by atoms with Crippen molar-refractivity contribution in [1.82, 2.24) is 14.8 Å². The van der Waals surface area contributed by atoms with E-state index < -0.39 is 6.04 Å². The van der Waals surface area contributed by atoms with Crippen LogP contribution in [0, 0.1) is 12.7 Å². The summed E-state index contributed by atoms with van der Waals surface area (Å²) < 4.78 is 25.4. The minimum Gasteiger partial charge on any atom is -0.459 e. The summed E-state index contributed by atoms with van der Waals surface area (Å²) in [5, 5.41) is 6.00. The van der Waals surface area contributed by atoms with Gasteiger partial charge in [0.05, 0.1) is 31.2 Å². The molecule has 1 atom stereocenters. The van der Waals surface area contributed by atoms with E-state index in [4.69, 9.17) is 9.15 Å². The van der Waals surface area contributed by atoms with Crippen LogP contribution in [0.1, 0.15) is 39.7 Å². The summed E-state index contributed by atoms with van der Waals surface area (Å²) >= 11 is 0. The van der Waals surface area contributed by atoms with E-state index in [-0.39, 0.29) is 29.9 Å². The number of morpholine rings is 1. The Labute approximate surface area is 221 Å². The molecule has 0 aliphatic carbocycles. The molecule has 0 spiro atoms. The number of nitrogens with zero attached hydrogens (tertiary/aromatic N) is 4. The number of carbonyl (C=O) groups excluding carboxylic acids is 2. The van der Waals surface area contributed by atoms with Gasteiger partial charge in [0.1, 0.15) is 12.4 Å². The maximum absolute atomic E-state index is 14.6. The molecule has 2 amide bonds. The van der Waals surface area contributed by atoms with Crippen LogP contribution >= 0.6 is 0 Å². The van der Waals surface area contributed by atoms with Crippen molar-refractivity contribution in [3.8, 4) is 0 Å². The summed E-state index contributed by atoms with van der Waals surface area (Å²) in [6.45, 7) is 5.60. The molecule has 9 heteroatoms. The molecule has 1 fully saturated rings. The molecule has 198 valence electrons. The lowest BCUT2D eigenvalue weighted by Gasteiger charge is -2.30. The molecule has 2 aliphatic rings. The molecular weight excluding hydrogens is 487 g/mol. The monoisotopic (exact) mass is 518 g/mol. The largest absolute Gasteiger partial charge is 0.459 e. The van der Waals surface area contributed by atoms with Gasteiger partial charge >= 0.3 is 0 Å². The van der Waals surface area contributed by atoms with Gasteiger partial charge < -0.3 is 14.1 Å². The molecule has 0 bridgehead atoms. The molecule has 2 aliphatic heterocycles. The maximum atomic E-state index is 14.6. The third-order valence-corrected chi connectivity index (χ3v) is 6.95. The number of halogens is 1. The summed E-state index contributed by atoms with van der Waals surface area (Å²) in [6.07, 6.45) is 1.81. The van der Waals surface area contributed by atoms with Crippen LogP contribution in [0.5, 0.6) is 0 Å². The first-order valence-corrected chi connectivity index (χ1v) is 12.8. The molecule has 0 radical (unpaired) electrons. The lowest BCUT2D eigenvalue weighted by Crippen LogP contribution is -2.46. The van der Waals surface area contributed by atoms with Crippen LogP contribution in [0.3, 0.4) is 0 Å². The van der Waals surface area contributed by atoms with E-state index in [1.165, 1.54) is 22.2 Å². The van der Waals surface area contributed by atoms with Crippen molar-refractivity contribution in [3.05, 3.63) is 95.2 Å². The lowest BCUT2D eigenvalue weighted by molar-refractivity contribution is -0.133. The predicted octanol–water partition coefficient (Wildman–Crippen LogP) is 3.88. The van der Waals surface area contributed by atoms with Gasteiger partial charge in [0.2, 0.25) is 0 Å². The van der Waals surface area contributed by atoms with Gasteiger partial charge in [-0.15, -0.1) is 0 Å². The second-order valence-corrected chi connectivity index (χ2v) is 9.55. The van der Waals surface area contributed by atoms with Gasteiger partial charge in [0, 0.05) is 38.2 Å². The van der Waals surface area contributed by atoms with Gasteiger partial charge in [-0.25, -0.2) is 9.40 Å². The Kier molecular flexibility index (Phi) is 7.95. The minimum absolute atomic E-state index is 0.173. The van der Waals surface area contributed by atoms with Crippen molar-refractivity contribution >= 4 is 17.5 Å². The second-order valence-electron chi connectivity index (χ2n) is 9.55. The zero-order chi connectivity index (χ0) is 26.5. The van der Waals surface area contributed by atoms with Gasteiger partial charge in [-0.05, 0) is 30.7 Å². The molecule has 0 saturated carbocycles. The third kappa shape index (κ3) is 5.84. The molecule has 0 N–H and O–H groups in total. The SMILES string of the molecule is Cc1ccc(C2CC(c3ccccc3F)=NN2C(=O)CN(CCN2CCOCC2)C(=O)c2ccco2)cc1. The van der Waals surface area contributed by atoms with Crippen molar-refractivity contribution < 1.29 is 23.1 Å². The standard InChI is InChI=1S/C29H31FN4O4/c1-21-8-10-22(11-9-21)26-19-25(23-5-2-3-6-24(23)30)31-34(26)28(35)20-33(29(36)27-7-4-16-38-27)13-12-32-14-17-37-18-15-32/h2-11,16,26H,12-15,17-20H2,1H3. The molecule has 3 heterocycles. The molecule has 1 aromatic heterocycles. The topological polar surface area (TPSA) is 78.6 Å². The predicted molar refractivity (Wildman–Crippen MR) is 140 cm³/mol. The third-order valence-electron chi connectivity index (χ3n) is 6.95. The van der Waals surface area contributed by atoms with Crippen LogP contribution in [0.15, 0.2) is 76.4 Å². The van der Waals surface area contributed by atoms with Gasteiger partial charge in [-0.1, -0.05) is 48.0 Å². The van der Waals surface area contributed by atoms with Gasteiger partial charge in [0.25, 0.3) is 11.8 Å². The van der Waals surface area contributed by atoms with E-state index in [0.717, 1.165) is 24.2 Å². The Morgan fingerprint density at radius 2 is 1.82 bits per heavy atom. The number of rotatable bonds is 8. The summed E-state index contributed by atoms with van der Waals surface area (Å²) in [7, 11) is 0. The van der Waals surface area contributed by atoms with Crippen LogP contribution in [0.4, 0.5) is 4.39 Å². The maximum Gasteiger partial charge on any atom is 0.290 e. The van der Waals surface area contributed by atoms with E-state index >= 15 is 0 Å². The first kappa shape index (κ1) is 25.8. The zero-order valence-corrected chi connectivity index (χ0v) is 21.4. The van der Waals surface area contributed by atoms with Crippen LogP contribution in [-0.2, 0) is 9.53 Å². The van der Waals surface area contributed by atoms with Crippen molar-refractivity contribution in [3.63, 3.8) is 0 Å². The highest BCUT2D eigenvalue weighted by Crippen LogP contribution is 2.33. The second kappa shape index (κ2) is 11.7. The Morgan fingerprint density at radius 1 is 1.05 bits per heavy atom. The summed E-state index contributed by atoms with van der Waals surface area (Å²) in [5.74, 6) is -0.917. The van der Waals surface area contributed by atoms with Crippen LogP contribution in [0.25, 0.3) is 0 Å². The van der Waals surface area contributed by atoms with Gasteiger partial charge in [-0.3, -0.25) is 14.5 Å². The highest BCUT2D eigenvalue weighted by Gasteiger charge is 2.35. The number of furan rings is 1. The average molecular weight is 519 g/mol. The molecule has 8 nitrogen and oxygen atoms in total. The van der Waals surface area contributed by atoms with E-state index in [9.17, 15) is 14.0 Å². The fourth-order valence-corrected chi connectivity index (χ4v) is 4.78. The first-order chi connectivity index (χ1) is 18.5. The number of carbonyl (C=O) groups is 2. The number of hydrazone groups is 1. The molecule has 2 aromatic carbocycles. The molecule has 1 unspecified atom stereocenters. The van der Waals surface area contributed by atoms with Gasteiger partial charge in [0.15, 0.2) is 5.76 Å². The normalized spacial score (nSPS) is 17.9. The van der Waals surface area contributed by atoms with Crippen molar-refractivity contribution in [2.24, 2.45) is 5.10 Å². The minimum atomic E-state index is -0.405. The molecule has 38 heavy (non-hydrogen) atoms. The highest BCUT2D eigenvalue weighted by atomic mass is 19.1. The van der Waals surface area contributed by atoms with Crippen molar-refractivity contribution in [1.29, 1.82) is 0 Å². The first-order valence-electron chi connectivity index (χ1n) is 12.8. The Balaban J connectivity index is 1.40. The fraction of sp³-hybridized carbons (Fsp3) is 0.345. The molecular formula is C29H31FN4O4. The van der Waals surface area contributed by atoms with Gasteiger partial charge in [-0.2, -0.15) is 5.10 Å². The van der Waals surface area contributed by atoms with E-state index in [2.05, 4.69) is 10.0 Å². The summed E-state index contributed by atoms with van der Waals surface area (Å²) in [5.41, 5.74) is 2.87. The fourth-order valence-electron chi connectivity index (χ4n) is 4.78. The number of ether oxygens (including phenoxy) is 1. The highest BCUT2D eigenvalue weighted by molar-refractivity contribution is 6.03. The zero-order valence-electron chi connectivity index (χ0n) is 21.4. The Bertz CT molecular complexity index is 1290. The smallest absolute Gasteiger partial charge is 0.290 e. The number of hydrogen-bond donors (Lipinski definition) is 0. The number of hydrogen-bond acceptors (Lipinski definition) is 6. The Morgan fingerprint density at radius 3 is 2.53 bits per heavy atom. The molecule has 5 rings (SSSR count). The van der Waals surface area contributed by atoms with Crippen molar-refractivity contribution in [2.75, 3.05) is 45.9 Å². The van der Waals surface area contributed by atoms with Crippen molar-refractivity contribution in [2.45, 2.75) is 19.4 Å². The van der Waals surface area contributed by atoms with Crippen LogP contribution < -0.4 is 0 Å². The van der Waals surface area contributed by atoms with E-state index in [0.29, 0.717) is 44.0 Å². The molecule has 3 aromatic rings. The summed E-state index contributed by atoms with van der Waals surface area (Å²) in [6, 6.07) is 17.2. The number of amides is 2. The average Bonchev–Trinajstić information content (AvgIpc) is 3.63. The van der Waals surface area contributed by atoms with E-state index in [1.54, 1.807) is 30.3 Å². The number of aryl methyl sites for hydroxylation is 1. The molecule has 1 saturated heterocycles. The lowest BCUT2D eigenvalue weighted by atomic mass is 9.97. The number of benzene rings is 2.